The third-order valence-corrected chi connectivity index (χ3v) is 12.5. The fraction of sp³-hybridized carbons (Fsp3) is 0.231. The molecule has 9 rings (SSSR count). The van der Waals surface area contributed by atoms with Crippen LogP contribution in [0.3, 0.4) is 0 Å². The lowest BCUT2D eigenvalue weighted by Crippen LogP contribution is -2.32. The van der Waals surface area contributed by atoms with Crippen molar-refractivity contribution in [2.24, 2.45) is 0 Å². The van der Waals surface area contributed by atoms with E-state index in [1.807, 2.05) is 0 Å². The lowest BCUT2D eigenvalue weighted by atomic mass is 9.76. The van der Waals surface area contributed by atoms with Crippen molar-refractivity contribution in [3.8, 4) is 23.0 Å². The minimum atomic E-state index is -1.92. The van der Waals surface area contributed by atoms with Crippen LogP contribution in [0.25, 0.3) is 0 Å². The van der Waals surface area contributed by atoms with Gasteiger partial charge in [-0.15, -0.1) is 0 Å². The van der Waals surface area contributed by atoms with Crippen LogP contribution in [0.1, 0.15) is 106 Å². The summed E-state index contributed by atoms with van der Waals surface area (Å²) in [7, 11) is 5.95. The third-order valence-electron chi connectivity index (χ3n) is 12.5. The van der Waals surface area contributed by atoms with E-state index in [1.54, 1.807) is 125 Å². The van der Waals surface area contributed by atoms with Crippen LogP contribution in [0.2, 0.25) is 5.65 Å². The molecule has 0 aliphatic carbocycles. The number of ether oxygens (including phenoxy) is 4. The lowest BCUT2D eigenvalue weighted by Gasteiger charge is -2.34. The van der Waals surface area contributed by atoms with Gasteiger partial charge in [0.15, 0.2) is 5.65 Å². The van der Waals surface area contributed by atoms with E-state index in [-0.39, 0.29) is 45.6 Å². The summed E-state index contributed by atoms with van der Waals surface area (Å²) in [6, 6.07) is 22.4. The molecular weight excluding hydrogens is 745 g/mol. The number of fused-ring (bicyclic) bond motifs is 8. The molecule has 0 atom stereocenters. The zero-order valence-corrected chi connectivity index (χ0v) is 34.7. The van der Waals surface area contributed by atoms with Gasteiger partial charge in [0.2, 0.25) is 0 Å². The SMILES string of the molecule is [2H]c1c([2H])c2n([2H])c1C(C)(c1ccc(OC)cc1)c1c([2H])c([2H])c(n1[2H])C(C)(c1ccc(OC)cc1)c1c([2H])c([2H])c(n1[2H])C(C)(c1ccc(OC)cc1)c1c([2H])c([2H])c(n1[2H])C2(C)c1ccc(OC)cc1. The monoisotopic (exact) mass is 808 g/mol. The zero-order valence-electron chi connectivity index (χ0n) is 46.7. The highest BCUT2D eigenvalue weighted by Gasteiger charge is 2.43. The van der Waals surface area contributed by atoms with Gasteiger partial charge in [-0.1, -0.05) is 48.5 Å². The number of hydrogen-bond donors (Lipinski definition) is 4. The van der Waals surface area contributed by atoms with Crippen LogP contribution >= 0.6 is 0 Å². The molecule has 4 N–H and O–H groups in total. The molecule has 0 amide bonds. The summed E-state index contributed by atoms with van der Waals surface area (Å²) in [6.45, 7) is 6.40. The van der Waals surface area contributed by atoms with Crippen molar-refractivity contribution in [2.75, 3.05) is 28.4 Å². The van der Waals surface area contributed by atoms with Gasteiger partial charge in [-0.2, -0.15) is 0 Å². The summed E-state index contributed by atoms with van der Waals surface area (Å²) in [6.07, 6.45) is 0. The molecule has 0 unspecified atom stereocenters. The molecule has 0 saturated heterocycles. The first kappa shape index (κ1) is 27.1. The molecule has 4 aromatic carbocycles. The number of benzene rings is 4. The Balaban J connectivity index is 1.58. The Labute approximate surface area is 369 Å². The molecule has 5 heterocycles. The fourth-order valence-electron chi connectivity index (χ4n) is 8.28. The number of hydrogen-bond acceptors (Lipinski definition) is 4. The second-order valence-electron chi connectivity index (χ2n) is 15.7. The first-order chi connectivity index (χ1) is 34.1. The first-order valence-corrected chi connectivity index (χ1v) is 19.5. The predicted octanol–water partition coefficient (Wildman–Crippen LogP) is 10.8. The van der Waals surface area contributed by atoms with E-state index in [4.69, 9.17) is 18.9 Å². The van der Waals surface area contributed by atoms with Crippen molar-refractivity contribution in [1.82, 2.24) is 19.9 Å². The maximum atomic E-state index is 10.3. The van der Waals surface area contributed by atoms with E-state index < -0.39 is 70.0 Å². The molecule has 1 aliphatic heterocycles. The topological polar surface area (TPSA) is 100 Å². The third kappa shape index (κ3) is 5.80. The van der Waals surface area contributed by atoms with Crippen molar-refractivity contribution in [3.63, 3.8) is 0 Å². The van der Waals surface area contributed by atoms with E-state index in [0.29, 0.717) is 45.3 Å². The van der Waals surface area contributed by atoms with E-state index in [2.05, 4.69) is 0 Å². The average Bonchev–Trinajstić information content (AvgIpc) is 3.96. The van der Waals surface area contributed by atoms with E-state index in [0.717, 1.165) is 19.9 Å². The number of H-pyrrole nitrogens is 4. The van der Waals surface area contributed by atoms with Crippen LogP contribution in [0.15, 0.2) is 145 Å². The number of aromatic nitrogens is 4. The van der Waals surface area contributed by atoms with Crippen LogP contribution in [0.4, 0.5) is 0 Å². The molecule has 8 heteroatoms. The molecule has 8 bridgehead atoms. The van der Waals surface area contributed by atoms with Crippen molar-refractivity contribution >= 4 is 0 Å². The molecule has 0 radical (unpaired) electrons. The Morgan fingerprint density at radius 3 is 0.600 bits per heavy atom. The minimum Gasteiger partial charge on any atom is -0.497 e. The molecule has 1 aliphatic rings. The number of rotatable bonds is 8. The standard InChI is InChI=1S/C52H52N4O4/c1-49(33-9-17-37(57-5)18-10-33)41-25-27-43(53-41)50(2,34-11-19-38(58-6)20-12-34)45-29-31-47(55-45)52(4,36-15-23-40(60-8)24-16-36)48-32-30-46(56-48)51(3,44-28-26-42(49)54-44)35-13-21-39(59-7)22-14-35/h9-32,53-56H,1-8H3/i25D,26D,27D,28D,29D,30D,31D,32D/hD4. The van der Waals surface area contributed by atoms with Crippen LogP contribution in [-0.2, 0) is 21.7 Å². The smallest absolute Gasteiger partial charge is 0.166 e. The van der Waals surface area contributed by atoms with Crippen molar-refractivity contribution in [2.45, 2.75) is 49.4 Å². The zero-order chi connectivity index (χ0) is 52.3. The molecule has 0 saturated carbocycles. The van der Waals surface area contributed by atoms with Gasteiger partial charge in [0.1, 0.15) is 23.0 Å². The number of nitrogens with one attached hydrogen (secondary N) is 4. The maximum absolute atomic E-state index is 10.3. The molecular formula is C52H52N4O4. The molecule has 304 valence electrons. The minimum absolute atomic E-state index is 0.207. The van der Waals surface area contributed by atoms with Gasteiger partial charge in [0, 0.05) is 45.6 Å². The van der Waals surface area contributed by atoms with Crippen LogP contribution in [-0.4, -0.2) is 48.3 Å². The summed E-state index contributed by atoms with van der Waals surface area (Å²) in [5.41, 5.74) is -8.03. The molecule has 8 aromatic rings. The Morgan fingerprint density at radius 2 is 0.467 bits per heavy atom. The van der Waals surface area contributed by atoms with Gasteiger partial charge < -0.3 is 38.9 Å². The van der Waals surface area contributed by atoms with Gasteiger partial charge in [-0.3, -0.25) is 0 Å². The van der Waals surface area contributed by atoms with Crippen LogP contribution in [0, 0.1) is 0 Å². The van der Waals surface area contributed by atoms with Gasteiger partial charge in [0.25, 0.3) is 0 Å². The van der Waals surface area contributed by atoms with E-state index in [1.165, 1.54) is 28.4 Å². The second-order valence-corrected chi connectivity index (χ2v) is 15.7. The van der Waals surface area contributed by atoms with Crippen molar-refractivity contribution in [3.05, 3.63) is 213 Å². The fourth-order valence-corrected chi connectivity index (χ4v) is 8.28. The van der Waals surface area contributed by atoms with Gasteiger partial charge in [-0.25, -0.2) is 0 Å². The van der Waals surface area contributed by atoms with Crippen LogP contribution in [0.5, 0.6) is 23.0 Å². The predicted molar refractivity (Wildman–Crippen MR) is 237 cm³/mol. The molecule has 0 spiro atoms. The Kier molecular flexibility index (Phi) is 6.53. The summed E-state index contributed by atoms with van der Waals surface area (Å²) in [4.78, 5) is 3.58. The highest BCUT2D eigenvalue weighted by molar-refractivity contribution is 5.57. The van der Waals surface area contributed by atoms with E-state index >= 15 is 0 Å². The number of methoxy groups -OCH3 is 4. The number of aromatic amines is 4. The van der Waals surface area contributed by atoms with E-state index in [9.17, 15) is 16.6 Å². The maximum Gasteiger partial charge on any atom is 0.166 e. The summed E-state index contributed by atoms with van der Waals surface area (Å²) in [5.74, 6) is 1.79. The summed E-state index contributed by atoms with van der Waals surface area (Å²) >= 11 is 0. The van der Waals surface area contributed by atoms with Crippen molar-refractivity contribution < 1.29 is 35.6 Å². The molecule has 8 nitrogen and oxygen atoms in total. The van der Waals surface area contributed by atoms with Crippen LogP contribution < -0.4 is 18.9 Å². The summed E-state index contributed by atoms with van der Waals surface area (Å²) < 4.78 is 143. The Morgan fingerprint density at radius 1 is 0.317 bits per heavy atom. The second kappa shape index (κ2) is 14.5. The summed E-state index contributed by atoms with van der Waals surface area (Å²) in [5, 5.41) is 0. The van der Waals surface area contributed by atoms with Crippen molar-refractivity contribution in [1.29, 1.82) is 0 Å². The molecule has 0 fully saturated rings. The lowest BCUT2D eigenvalue weighted by molar-refractivity contribution is 0.414. The van der Waals surface area contributed by atoms with Gasteiger partial charge in [0.05, 0.1) is 61.1 Å². The van der Waals surface area contributed by atoms with Gasteiger partial charge >= 0.3 is 0 Å². The highest BCUT2D eigenvalue weighted by atomic mass is 16.5. The first-order valence-electron chi connectivity index (χ1n) is 25.3. The Bertz CT molecular complexity index is 2870. The molecule has 4 aromatic heterocycles. The highest BCUT2D eigenvalue weighted by Crippen LogP contribution is 2.48. The average molecular weight is 809 g/mol. The normalized spacial score (nSPS) is 25.1. The Hall–Kier alpha value is -6.80. The quantitative estimate of drug-likeness (QED) is 0.123. The largest absolute Gasteiger partial charge is 0.497 e. The molecule has 60 heavy (non-hydrogen) atoms. The van der Waals surface area contributed by atoms with Gasteiger partial charge in [-0.05, 0) is 147 Å².